The monoisotopic (exact) mass is 266 g/mol. The minimum absolute atomic E-state index is 0.0879. The molecule has 0 spiro atoms. The predicted octanol–water partition coefficient (Wildman–Crippen LogP) is 2.32. The summed E-state index contributed by atoms with van der Waals surface area (Å²) in [6.45, 7) is 6.27. The molecule has 0 radical (unpaired) electrons. The van der Waals surface area contributed by atoms with Crippen molar-refractivity contribution in [2.24, 2.45) is 5.73 Å². The van der Waals surface area contributed by atoms with Crippen molar-refractivity contribution < 1.29 is 9.13 Å². The summed E-state index contributed by atoms with van der Waals surface area (Å²) in [5.74, 6) is -0.175. The van der Waals surface area contributed by atoms with Gasteiger partial charge in [-0.25, -0.2) is 4.39 Å². The molecule has 0 aliphatic carbocycles. The maximum absolute atomic E-state index is 14.1. The highest BCUT2D eigenvalue weighted by Crippen LogP contribution is 2.29. The average Bonchev–Trinajstić information content (AvgIpc) is 2.41. The summed E-state index contributed by atoms with van der Waals surface area (Å²) < 4.78 is 19.6. The molecule has 106 valence electrons. The molecule has 3 atom stereocenters. The van der Waals surface area contributed by atoms with Gasteiger partial charge in [0, 0.05) is 24.2 Å². The van der Waals surface area contributed by atoms with E-state index in [1.807, 2.05) is 19.1 Å². The lowest BCUT2D eigenvalue weighted by Gasteiger charge is -2.42. The second-order valence-corrected chi connectivity index (χ2v) is 5.20. The molecule has 1 aromatic carbocycles. The van der Waals surface area contributed by atoms with Crippen molar-refractivity contribution in [3.63, 3.8) is 0 Å². The maximum atomic E-state index is 14.1. The molecule has 2 rings (SSSR count). The van der Waals surface area contributed by atoms with Crippen LogP contribution in [0.4, 0.5) is 4.39 Å². The first-order valence-electron chi connectivity index (χ1n) is 6.98. The number of benzene rings is 1. The third-order valence-electron chi connectivity index (χ3n) is 3.82. The summed E-state index contributed by atoms with van der Waals surface area (Å²) in [4.78, 5) is 2.30. The van der Waals surface area contributed by atoms with Gasteiger partial charge in [0.2, 0.25) is 0 Å². The smallest absolute Gasteiger partial charge is 0.128 e. The Morgan fingerprint density at radius 2 is 2.21 bits per heavy atom. The van der Waals surface area contributed by atoms with E-state index in [0.717, 1.165) is 13.0 Å². The molecule has 0 amide bonds. The fourth-order valence-corrected chi connectivity index (χ4v) is 2.87. The first-order chi connectivity index (χ1) is 9.15. The zero-order valence-corrected chi connectivity index (χ0v) is 11.7. The highest BCUT2D eigenvalue weighted by molar-refractivity contribution is 5.23. The van der Waals surface area contributed by atoms with E-state index in [1.54, 1.807) is 6.07 Å². The van der Waals surface area contributed by atoms with Crippen molar-refractivity contribution in [3.05, 3.63) is 35.6 Å². The molecule has 0 aromatic heterocycles. The molecule has 4 heteroatoms. The third kappa shape index (κ3) is 3.14. The number of hydrogen-bond acceptors (Lipinski definition) is 3. The van der Waals surface area contributed by atoms with Crippen LogP contribution in [0.1, 0.15) is 31.9 Å². The Bertz CT molecular complexity index is 411. The zero-order valence-electron chi connectivity index (χ0n) is 11.7. The topological polar surface area (TPSA) is 38.5 Å². The van der Waals surface area contributed by atoms with E-state index in [1.165, 1.54) is 6.07 Å². The van der Waals surface area contributed by atoms with E-state index in [-0.39, 0.29) is 17.9 Å². The summed E-state index contributed by atoms with van der Waals surface area (Å²) in [6.07, 6.45) is 0.984. The van der Waals surface area contributed by atoms with E-state index >= 15 is 0 Å². The Hall–Kier alpha value is -0.970. The van der Waals surface area contributed by atoms with E-state index < -0.39 is 0 Å². The van der Waals surface area contributed by atoms with Gasteiger partial charge in [-0.1, -0.05) is 25.1 Å². The number of hydrogen-bond donors (Lipinski definition) is 1. The second-order valence-electron chi connectivity index (χ2n) is 5.20. The summed E-state index contributed by atoms with van der Waals surface area (Å²) in [6, 6.07) is 7.03. The van der Waals surface area contributed by atoms with Crippen LogP contribution < -0.4 is 5.73 Å². The SMILES string of the molecule is CCC1COCCN1C(c1ccccc1F)C(C)N. The van der Waals surface area contributed by atoms with Gasteiger partial charge in [0.1, 0.15) is 5.82 Å². The largest absolute Gasteiger partial charge is 0.378 e. The lowest BCUT2D eigenvalue weighted by molar-refractivity contribution is -0.0355. The second kappa shape index (κ2) is 6.46. The lowest BCUT2D eigenvalue weighted by Crippen LogP contribution is -2.51. The Labute approximate surface area is 114 Å². The molecule has 1 saturated heterocycles. The van der Waals surface area contributed by atoms with E-state index in [0.29, 0.717) is 24.8 Å². The van der Waals surface area contributed by atoms with Crippen LogP contribution in [0.25, 0.3) is 0 Å². The van der Waals surface area contributed by atoms with Gasteiger partial charge >= 0.3 is 0 Å². The fraction of sp³-hybridized carbons (Fsp3) is 0.600. The summed E-state index contributed by atoms with van der Waals surface area (Å²) in [5, 5.41) is 0. The number of ether oxygens (including phenoxy) is 1. The standard InChI is InChI=1S/C15H23FN2O/c1-3-12-10-19-9-8-18(12)15(11(2)17)13-6-4-5-7-14(13)16/h4-7,11-12,15H,3,8-10,17H2,1-2H3. The fourth-order valence-electron chi connectivity index (χ4n) is 2.87. The molecule has 1 aliphatic rings. The first kappa shape index (κ1) is 14.4. The van der Waals surface area contributed by atoms with Gasteiger partial charge in [-0.05, 0) is 19.4 Å². The molecule has 19 heavy (non-hydrogen) atoms. The Morgan fingerprint density at radius 1 is 1.47 bits per heavy atom. The molecular formula is C15H23FN2O. The molecule has 0 saturated carbocycles. The van der Waals surface area contributed by atoms with Gasteiger partial charge in [-0.15, -0.1) is 0 Å². The van der Waals surface area contributed by atoms with Crippen LogP contribution in [0, 0.1) is 5.82 Å². The lowest BCUT2D eigenvalue weighted by atomic mass is 9.96. The summed E-state index contributed by atoms with van der Waals surface area (Å²) >= 11 is 0. The van der Waals surface area contributed by atoms with Gasteiger partial charge in [0.15, 0.2) is 0 Å². The van der Waals surface area contributed by atoms with E-state index in [2.05, 4.69) is 11.8 Å². The molecule has 1 fully saturated rings. The molecular weight excluding hydrogens is 243 g/mol. The first-order valence-corrected chi connectivity index (χ1v) is 6.98. The Kier molecular flexibility index (Phi) is 4.91. The third-order valence-corrected chi connectivity index (χ3v) is 3.82. The predicted molar refractivity (Wildman–Crippen MR) is 74.4 cm³/mol. The maximum Gasteiger partial charge on any atom is 0.128 e. The van der Waals surface area contributed by atoms with Crippen LogP contribution in [0.3, 0.4) is 0 Å². The van der Waals surface area contributed by atoms with Crippen molar-refractivity contribution >= 4 is 0 Å². The minimum Gasteiger partial charge on any atom is -0.378 e. The zero-order chi connectivity index (χ0) is 13.8. The summed E-state index contributed by atoms with van der Waals surface area (Å²) in [7, 11) is 0. The molecule has 3 nitrogen and oxygen atoms in total. The highest BCUT2D eigenvalue weighted by atomic mass is 19.1. The van der Waals surface area contributed by atoms with Crippen LogP contribution >= 0.6 is 0 Å². The average molecular weight is 266 g/mol. The molecule has 1 aliphatic heterocycles. The van der Waals surface area contributed by atoms with Gasteiger partial charge in [-0.3, -0.25) is 4.90 Å². The number of nitrogens with zero attached hydrogens (tertiary/aromatic N) is 1. The van der Waals surface area contributed by atoms with Crippen LogP contribution in [0.2, 0.25) is 0 Å². The van der Waals surface area contributed by atoms with Gasteiger partial charge in [0.05, 0.1) is 19.3 Å². The summed E-state index contributed by atoms with van der Waals surface area (Å²) in [5.41, 5.74) is 6.83. The van der Waals surface area contributed by atoms with Crippen molar-refractivity contribution in [3.8, 4) is 0 Å². The molecule has 3 unspecified atom stereocenters. The number of nitrogens with two attached hydrogens (primary N) is 1. The number of halogens is 1. The van der Waals surface area contributed by atoms with E-state index in [4.69, 9.17) is 10.5 Å². The van der Waals surface area contributed by atoms with Crippen molar-refractivity contribution in [1.29, 1.82) is 0 Å². The molecule has 1 heterocycles. The van der Waals surface area contributed by atoms with Crippen molar-refractivity contribution in [2.75, 3.05) is 19.8 Å². The van der Waals surface area contributed by atoms with Crippen LogP contribution in [-0.4, -0.2) is 36.7 Å². The van der Waals surface area contributed by atoms with Gasteiger partial charge < -0.3 is 10.5 Å². The van der Waals surface area contributed by atoms with Crippen LogP contribution in [0.15, 0.2) is 24.3 Å². The molecule has 0 bridgehead atoms. The molecule has 2 N–H and O–H groups in total. The minimum atomic E-state index is -0.175. The number of morpholine rings is 1. The van der Waals surface area contributed by atoms with Crippen molar-refractivity contribution in [2.45, 2.75) is 38.4 Å². The Morgan fingerprint density at radius 3 is 2.84 bits per heavy atom. The quantitative estimate of drug-likeness (QED) is 0.909. The van der Waals surface area contributed by atoms with Gasteiger partial charge in [0.25, 0.3) is 0 Å². The number of rotatable bonds is 4. The van der Waals surface area contributed by atoms with Crippen LogP contribution in [0.5, 0.6) is 0 Å². The van der Waals surface area contributed by atoms with Crippen molar-refractivity contribution in [1.82, 2.24) is 4.90 Å². The van der Waals surface area contributed by atoms with E-state index in [9.17, 15) is 4.39 Å². The van der Waals surface area contributed by atoms with Crippen LogP contribution in [-0.2, 0) is 4.74 Å². The Balaban J connectivity index is 2.32. The normalized spacial score (nSPS) is 24.1. The van der Waals surface area contributed by atoms with Gasteiger partial charge in [-0.2, -0.15) is 0 Å². The highest BCUT2D eigenvalue weighted by Gasteiger charge is 2.32. The molecule has 1 aromatic rings.